The van der Waals surface area contributed by atoms with Gasteiger partial charge in [0.25, 0.3) is 0 Å². The van der Waals surface area contributed by atoms with Crippen molar-refractivity contribution in [2.24, 2.45) is 5.92 Å². The Morgan fingerprint density at radius 1 is 1.10 bits per heavy atom. The van der Waals surface area contributed by atoms with Crippen molar-refractivity contribution in [2.75, 3.05) is 6.61 Å². The zero-order valence-electron chi connectivity index (χ0n) is 12.4. The molecule has 1 aromatic carbocycles. The second-order valence-corrected chi connectivity index (χ2v) is 7.01. The summed E-state index contributed by atoms with van der Waals surface area (Å²) >= 11 is 6.64. The van der Waals surface area contributed by atoms with Gasteiger partial charge in [-0.05, 0) is 43.2 Å². The van der Waals surface area contributed by atoms with Gasteiger partial charge in [-0.3, -0.25) is 0 Å². The monoisotopic (exact) mass is 292 g/mol. The summed E-state index contributed by atoms with van der Waals surface area (Å²) in [5, 5.41) is 0.0976. The van der Waals surface area contributed by atoms with Gasteiger partial charge in [0.1, 0.15) is 0 Å². The molecule has 2 fully saturated rings. The minimum absolute atomic E-state index is 0.0976. The van der Waals surface area contributed by atoms with Crippen LogP contribution in [0.2, 0.25) is 0 Å². The molecule has 1 aliphatic carbocycles. The molecule has 1 heterocycles. The summed E-state index contributed by atoms with van der Waals surface area (Å²) in [5.41, 5.74) is 2.77. The van der Waals surface area contributed by atoms with Gasteiger partial charge in [-0.15, -0.1) is 11.6 Å². The predicted octanol–water partition coefficient (Wildman–Crippen LogP) is 5.44. The lowest BCUT2D eigenvalue weighted by Gasteiger charge is -2.23. The van der Waals surface area contributed by atoms with E-state index in [0.29, 0.717) is 12.0 Å². The maximum Gasteiger partial charge on any atom is 0.0636 e. The first-order chi connectivity index (χ1) is 9.74. The molecule has 1 nitrogen and oxygen atoms in total. The maximum atomic E-state index is 6.64. The number of hydrogen-bond acceptors (Lipinski definition) is 1. The van der Waals surface area contributed by atoms with Crippen LogP contribution in [0.15, 0.2) is 24.3 Å². The van der Waals surface area contributed by atoms with Crippen LogP contribution in [0.3, 0.4) is 0 Å². The van der Waals surface area contributed by atoms with Gasteiger partial charge < -0.3 is 4.74 Å². The molecule has 0 N–H and O–H groups in total. The highest BCUT2D eigenvalue weighted by Crippen LogP contribution is 2.38. The molecule has 110 valence electrons. The lowest BCUT2D eigenvalue weighted by Crippen LogP contribution is -2.09. The van der Waals surface area contributed by atoms with Crippen LogP contribution in [-0.4, -0.2) is 12.7 Å². The Morgan fingerprint density at radius 2 is 1.80 bits per heavy atom. The molecule has 1 aliphatic heterocycles. The molecule has 0 aromatic heterocycles. The van der Waals surface area contributed by atoms with E-state index in [9.17, 15) is 0 Å². The second-order valence-electron chi connectivity index (χ2n) is 6.54. The van der Waals surface area contributed by atoms with E-state index in [1.807, 2.05) is 0 Å². The van der Waals surface area contributed by atoms with Crippen molar-refractivity contribution in [2.45, 2.75) is 62.8 Å². The van der Waals surface area contributed by atoms with Gasteiger partial charge in [0.05, 0.1) is 18.1 Å². The normalized spacial score (nSPS) is 29.5. The molecular weight excluding hydrogens is 268 g/mol. The van der Waals surface area contributed by atoms with Crippen molar-refractivity contribution >= 4 is 11.6 Å². The Kier molecular flexibility index (Phi) is 4.68. The van der Waals surface area contributed by atoms with Crippen molar-refractivity contribution in [1.82, 2.24) is 0 Å². The number of rotatable bonds is 3. The fourth-order valence-corrected chi connectivity index (χ4v) is 4.04. The fraction of sp³-hybridized carbons (Fsp3) is 0.667. The zero-order valence-corrected chi connectivity index (χ0v) is 13.1. The van der Waals surface area contributed by atoms with E-state index in [0.717, 1.165) is 18.9 Å². The quantitative estimate of drug-likeness (QED) is 0.674. The first-order valence-corrected chi connectivity index (χ1v) is 8.53. The Balaban J connectivity index is 1.66. The zero-order chi connectivity index (χ0) is 13.9. The van der Waals surface area contributed by atoms with Gasteiger partial charge in [0, 0.05) is 5.92 Å². The summed E-state index contributed by atoms with van der Waals surface area (Å²) in [6.07, 6.45) is 8.36. The van der Waals surface area contributed by atoms with Crippen LogP contribution in [0, 0.1) is 5.92 Å². The summed E-state index contributed by atoms with van der Waals surface area (Å²) < 4.78 is 5.64. The van der Waals surface area contributed by atoms with Crippen LogP contribution in [0.5, 0.6) is 0 Å². The van der Waals surface area contributed by atoms with E-state index in [1.165, 1.54) is 43.2 Å². The standard InChI is InChI=1S/C18H25ClO/c1-13-11-17(12-20-13)18(19)16-9-7-15(8-10-16)14-5-3-2-4-6-14/h7-10,13-14,17-18H,2-6,11-12H2,1H3. The number of benzene rings is 1. The summed E-state index contributed by atoms with van der Waals surface area (Å²) in [5.74, 6) is 1.24. The first kappa shape index (κ1) is 14.4. The molecule has 20 heavy (non-hydrogen) atoms. The van der Waals surface area contributed by atoms with Crippen molar-refractivity contribution in [1.29, 1.82) is 0 Å². The van der Waals surface area contributed by atoms with Crippen LogP contribution in [-0.2, 0) is 4.74 Å². The van der Waals surface area contributed by atoms with Gasteiger partial charge in [0.15, 0.2) is 0 Å². The molecule has 3 unspecified atom stereocenters. The summed E-state index contributed by atoms with van der Waals surface area (Å²) in [6, 6.07) is 9.09. The molecule has 0 radical (unpaired) electrons. The van der Waals surface area contributed by atoms with Gasteiger partial charge >= 0.3 is 0 Å². The third-order valence-corrected chi connectivity index (χ3v) is 5.58. The Hall–Kier alpha value is -0.530. The van der Waals surface area contributed by atoms with Crippen LogP contribution in [0.4, 0.5) is 0 Å². The molecule has 0 amide bonds. The van der Waals surface area contributed by atoms with E-state index in [2.05, 4.69) is 31.2 Å². The van der Waals surface area contributed by atoms with Crippen molar-refractivity contribution in [3.63, 3.8) is 0 Å². The van der Waals surface area contributed by atoms with E-state index < -0.39 is 0 Å². The average Bonchev–Trinajstić information content (AvgIpc) is 2.94. The Labute approximate surface area is 127 Å². The SMILES string of the molecule is CC1CC(C(Cl)c2ccc(C3CCCCC3)cc2)CO1. The van der Waals surface area contributed by atoms with E-state index in [1.54, 1.807) is 0 Å². The topological polar surface area (TPSA) is 9.23 Å². The van der Waals surface area contributed by atoms with E-state index in [-0.39, 0.29) is 5.38 Å². The highest BCUT2D eigenvalue weighted by molar-refractivity contribution is 6.21. The highest BCUT2D eigenvalue weighted by atomic mass is 35.5. The van der Waals surface area contributed by atoms with Crippen LogP contribution >= 0.6 is 11.6 Å². The molecule has 0 bridgehead atoms. The summed E-state index contributed by atoms with van der Waals surface area (Å²) in [7, 11) is 0. The molecule has 1 saturated carbocycles. The summed E-state index contributed by atoms with van der Waals surface area (Å²) in [4.78, 5) is 0. The maximum absolute atomic E-state index is 6.64. The molecule has 3 atom stereocenters. The third kappa shape index (κ3) is 3.20. The molecule has 2 aliphatic rings. The molecular formula is C18H25ClO. The molecule has 1 saturated heterocycles. The lowest BCUT2D eigenvalue weighted by atomic mass is 9.83. The third-order valence-electron chi connectivity index (χ3n) is 4.97. The van der Waals surface area contributed by atoms with Gasteiger partial charge in [0.2, 0.25) is 0 Å². The van der Waals surface area contributed by atoms with Crippen LogP contribution in [0.1, 0.15) is 67.9 Å². The minimum Gasteiger partial charge on any atom is -0.378 e. The van der Waals surface area contributed by atoms with Crippen molar-refractivity contribution in [3.8, 4) is 0 Å². The number of ether oxygens (including phenoxy) is 1. The Bertz CT molecular complexity index is 422. The molecule has 1 aromatic rings. The number of halogens is 1. The lowest BCUT2D eigenvalue weighted by molar-refractivity contribution is 0.120. The van der Waals surface area contributed by atoms with Crippen LogP contribution in [0.25, 0.3) is 0 Å². The fourth-order valence-electron chi connectivity index (χ4n) is 3.71. The minimum atomic E-state index is 0.0976. The molecule has 0 spiro atoms. The molecule has 2 heteroatoms. The number of alkyl halides is 1. The first-order valence-electron chi connectivity index (χ1n) is 8.09. The largest absolute Gasteiger partial charge is 0.378 e. The van der Waals surface area contributed by atoms with Gasteiger partial charge in [-0.25, -0.2) is 0 Å². The van der Waals surface area contributed by atoms with Gasteiger partial charge in [-0.1, -0.05) is 43.5 Å². The second kappa shape index (κ2) is 6.49. The van der Waals surface area contributed by atoms with E-state index in [4.69, 9.17) is 16.3 Å². The van der Waals surface area contributed by atoms with Crippen molar-refractivity contribution in [3.05, 3.63) is 35.4 Å². The smallest absolute Gasteiger partial charge is 0.0636 e. The predicted molar refractivity (Wildman–Crippen MR) is 84.4 cm³/mol. The number of hydrogen-bond donors (Lipinski definition) is 0. The molecule has 3 rings (SSSR count). The average molecular weight is 293 g/mol. The highest BCUT2D eigenvalue weighted by Gasteiger charge is 2.29. The van der Waals surface area contributed by atoms with E-state index >= 15 is 0 Å². The summed E-state index contributed by atoms with van der Waals surface area (Å²) in [6.45, 7) is 2.94. The Morgan fingerprint density at radius 3 is 2.40 bits per heavy atom. The van der Waals surface area contributed by atoms with Gasteiger partial charge in [-0.2, -0.15) is 0 Å². The van der Waals surface area contributed by atoms with Crippen LogP contribution < -0.4 is 0 Å². The van der Waals surface area contributed by atoms with Crippen molar-refractivity contribution < 1.29 is 4.74 Å².